The van der Waals surface area contributed by atoms with Gasteiger partial charge >= 0.3 is 0 Å². The number of carbonyl (C=O) groups excluding carboxylic acids is 1. The molecular formula is C27H46O2. The molecule has 0 unspecified atom stereocenters. The van der Waals surface area contributed by atoms with Crippen molar-refractivity contribution in [1.82, 2.24) is 0 Å². The number of Topliss-reactive ketones (excluding diaryl/α,β-unsaturated/α-hetero) is 1. The molecule has 0 radical (unpaired) electrons. The Labute approximate surface area is 179 Å². The third-order valence-corrected chi connectivity index (χ3v) is 10.9. The van der Waals surface area contributed by atoms with Crippen molar-refractivity contribution in [2.45, 2.75) is 111 Å². The minimum absolute atomic E-state index is 0.0382. The fourth-order valence-electron chi connectivity index (χ4n) is 9.07. The van der Waals surface area contributed by atoms with E-state index in [-0.39, 0.29) is 12.0 Å². The van der Waals surface area contributed by atoms with Gasteiger partial charge in [-0.25, -0.2) is 0 Å². The van der Waals surface area contributed by atoms with Crippen LogP contribution in [0.3, 0.4) is 0 Å². The summed E-state index contributed by atoms with van der Waals surface area (Å²) < 4.78 is 0. The highest BCUT2D eigenvalue weighted by molar-refractivity contribution is 5.80. The molecule has 0 heterocycles. The summed E-state index contributed by atoms with van der Waals surface area (Å²) in [5.74, 6) is 5.60. The van der Waals surface area contributed by atoms with Crippen molar-refractivity contribution in [2.75, 3.05) is 0 Å². The molecule has 0 saturated heterocycles. The summed E-state index contributed by atoms with van der Waals surface area (Å²) in [7, 11) is 0. The van der Waals surface area contributed by atoms with Crippen molar-refractivity contribution in [3.63, 3.8) is 0 Å². The van der Waals surface area contributed by atoms with E-state index in [4.69, 9.17) is 0 Å². The molecule has 4 saturated carbocycles. The normalized spacial score (nSPS) is 48.0. The van der Waals surface area contributed by atoms with E-state index >= 15 is 0 Å². The van der Waals surface area contributed by atoms with Gasteiger partial charge in [-0.05, 0) is 111 Å². The van der Waals surface area contributed by atoms with E-state index in [1.165, 1.54) is 44.9 Å². The van der Waals surface area contributed by atoms with Gasteiger partial charge in [0.25, 0.3) is 0 Å². The number of aliphatic hydroxyl groups is 1. The van der Waals surface area contributed by atoms with Crippen LogP contribution < -0.4 is 0 Å². The number of rotatable bonds is 5. The fourth-order valence-corrected chi connectivity index (χ4v) is 9.07. The summed E-state index contributed by atoms with van der Waals surface area (Å²) in [5.41, 5.74) is 0.982. The van der Waals surface area contributed by atoms with Gasteiger partial charge in [-0.3, -0.25) is 4.79 Å². The van der Waals surface area contributed by atoms with E-state index in [9.17, 15) is 9.90 Å². The zero-order valence-electron chi connectivity index (χ0n) is 19.8. The third-order valence-electron chi connectivity index (χ3n) is 10.9. The molecule has 0 aromatic carbocycles. The smallest absolute Gasteiger partial charge is 0.135 e. The first-order valence-corrected chi connectivity index (χ1v) is 12.9. The largest absolute Gasteiger partial charge is 0.393 e. The van der Waals surface area contributed by atoms with E-state index in [0.29, 0.717) is 22.5 Å². The predicted molar refractivity (Wildman–Crippen MR) is 119 cm³/mol. The average Bonchev–Trinajstić information content (AvgIpc) is 3.03. The van der Waals surface area contributed by atoms with Gasteiger partial charge < -0.3 is 5.11 Å². The number of fused-ring (bicyclic) bond motifs is 5. The van der Waals surface area contributed by atoms with Crippen LogP contribution in [0.25, 0.3) is 0 Å². The van der Waals surface area contributed by atoms with Gasteiger partial charge in [0.15, 0.2) is 0 Å². The molecule has 0 aromatic rings. The van der Waals surface area contributed by atoms with Gasteiger partial charge in [0.1, 0.15) is 5.78 Å². The molecule has 2 nitrogen and oxygen atoms in total. The first-order valence-electron chi connectivity index (χ1n) is 12.9. The third kappa shape index (κ3) is 3.64. The van der Waals surface area contributed by atoms with E-state index in [1.807, 2.05) is 13.8 Å². The summed E-state index contributed by atoms with van der Waals surface area (Å²) in [4.78, 5) is 12.2. The van der Waals surface area contributed by atoms with E-state index in [1.54, 1.807) is 0 Å². The molecule has 0 spiro atoms. The van der Waals surface area contributed by atoms with Crippen molar-refractivity contribution >= 4 is 5.78 Å². The standard InChI is InChI=1S/C27H46O2/c1-17(2)25(29)11-6-18(3)22-9-10-23-21-8-7-19-16-20(28)12-14-26(19,4)24(21)13-15-27(22,23)5/h17-24,28H,6-16H2,1-5H3/t18-,19+,20+,21+,22-,23+,24+,26+,27-/m1/s1. The number of hydrogen-bond donors (Lipinski definition) is 1. The SMILES string of the molecule is CC(C)C(=O)CC[C@@H](C)[C@H]1CC[C@H]2[C@@H]3CC[C@H]4C[C@@H](O)CC[C@]4(C)[C@H]3CC[C@]12C. The Morgan fingerprint density at radius 1 is 0.931 bits per heavy atom. The second kappa shape index (κ2) is 7.95. The summed E-state index contributed by atoms with van der Waals surface area (Å²) in [5, 5.41) is 10.2. The van der Waals surface area contributed by atoms with Gasteiger partial charge in [-0.1, -0.05) is 34.6 Å². The van der Waals surface area contributed by atoms with E-state index < -0.39 is 0 Å². The van der Waals surface area contributed by atoms with Crippen LogP contribution >= 0.6 is 0 Å². The summed E-state index contributed by atoms with van der Waals surface area (Å²) >= 11 is 0. The number of hydrogen-bond acceptors (Lipinski definition) is 2. The fraction of sp³-hybridized carbons (Fsp3) is 0.963. The second-order valence-corrected chi connectivity index (χ2v) is 12.5. The molecule has 0 aliphatic heterocycles. The van der Waals surface area contributed by atoms with Crippen molar-refractivity contribution in [1.29, 1.82) is 0 Å². The van der Waals surface area contributed by atoms with Crippen molar-refractivity contribution in [2.24, 2.45) is 52.3 Å². The van der Waals surface area contributed by atoms with Crippen molar-refractivity contribution in [3.05, 3.63) is 0 Å². The Hall–Kier alpha value is -0.370. The Morgan fingerprint density at radius 3 is 2.34 bits per heavy atom. The minimum atomic E-state index is -0.0382. The van der Waals surface area contributed by atoms with Crippen LogP contribution in [0.2, 0.25) is 0 Å². The first-order chi connectivity index (χ1) is 13.7. The van der Waals surface area contributed by atoms with Crippen LogP contribution in [0.1, 0.15) is 105 Å². The quantitative estimate of drug-likeness (QED) is 0.559. The molecule has 9 atom stereocenters. The Kier molecular flexibility index (Phi) is 5.99. The lowest BCUT2D eigenvalue weighted by molar-refractivity contribution is -0.130. The molecule has 4 rings (SSSR count). The van der Waals surface area contributed by atoms with Gasteiger partial charge in [0.2, 0.25) is 0 Å². The average molecular weight is 403 g/mol. The van der Waals surface area contributed by atoms with Gasteiger partial charge in [-0.15, -0.1) is 0 Å². The zero-order valence-corrected chi connectivity index (χ0v) is 19.8. The van der Waals surface area contributed by atoms with Gasteiger partial charge in [0.05, 0.1) is 6.10 Å². The molecule has 4 aliphatic rings. The maximum atomic E-state index is 12.2. The van der Waals surface area contributed by atoms with Crippen LogP contribution in [-0.2, 0) is 4.79 Å². The topological polar surface area (TPSA) is 37.3 Å². The maximum absolute atomic E-state index is 12.2. The van der Waals surface area contributed by atoms with Crippen molar-refractivity contribution < 1.29 is 9.90 Å². The molecule has 0 aromatic heterocycles. The lowest BCUT2D eigenvalue weighted by Gasteiger charge is -2.61. The number of aliphatic hydroxyl groups excluding tert-OH is 1. The predicted octanol–water partition coefficient (Wildman–Crippen LogP) is 6.65. The molecule has 1 N–H and O–H groups in total. The second-order valence-electron chi connectivity index (χ2n) is 12.5. The molecule has 0 bridgehead atoms. The van der Waals surface area contributed by atoms with Crippen molar-refractivity contribution in [3.8, 4) is 0 Å². The maximum Gasteiger partial charge on any atom is 0.135 e. The van der Waals surface area contributed by atoms with E-state index in [2.05, 4.69) is 20.8 Å². The number of ketones is 1. The first kappa shape index (κ1) is 21.8. The molecule has 4 aliphatic carbocycles. The van der Waals surface area contributed by atoms with Crippen LogP contribution in [-0.4, -0.2) is 17.0 Å². The molecule has 29 heavy (non-hydrogen) atoms. The summed E-state index contributed by atoms with van der Waals surface area (Å²) in [6.45, 7) is 11.8. The monoisotopic (exact) mass is 402 g/mol. The van der Waals surface area contributed by atoms with Gasteiger partial charge in [0, 0.05) is 12.3 Å². The molecular weight excluding hydrogens is 356 g/mol. The van der Waals surface area contributed by atoms with Crippen LogP contribution in [0.4, 0.5) is 0 Å². The molecule has 0 amide bonds. The molecule has 166 valence electrons. The highest BCUT2D eigenvalue weighted by Crippen LogP contribution is 2.68. The summed E-state index contributed by atoms with van der Waals surface area (Å²) in [6, 6.07) is 0. The summed E-state index contributed by atoms with van der Waals surface area (Å²) in [6.07, 6.45) is 13.6. The Balaban J connectivity index is 1.46. The van der Waals surface area contributed by atoms with Gasteiger partial charge in [-0.2, -0.15) is 0 Å². The lowest BCUT2D eigenvalue weighted by Crippen LogP contribution is -2.54. The Morgan fingerprint density at radius 2 is 1.62 bits per heavy atom. The molecule has 2 heteroatoms. The van der Waals surface area contributed by atoms with Crippen LogP contribution in [0, 0.1) is 52.3 Å². The zero-order chi connectivity index (χ0) is 21.0. The number of carbonyl (C=O) groups is 1. The lowest BCUT2D eigenvalue weighted by atomic mass is 9.44. The Bertz CT molecular complexity index is 612. The minimum Gasteiger partial charge on any atom is -0.393 e. The van der Waals surface area contributed by atoms with Crippen LogP contribution in [0.15, 0.2) is 0 Å². The molecule has 4 fully saturated rings. The van der Waals surface area contributed by atoms with Crippen LogP contribution in [0.5, 0.6) is 0 Å². The highest BCUT2D eigenvalue weighted by atomic mass is 16.3. The highest BCUT2D eigenvalue weighted by Gasteiger charge is 2.60. The van der Waals surface area contributed by atoms with E-state index in [0.717, 1.165) is 55.3 Å².